The van der Waals surface area contributed by atoms with Crippen molar-refractivity contribution < 1.29 is 14.7 Å². The molecule has 27 heavy (non-hydrogen) atoms. The molecule has 0 aliphatic carbocycles. The number of carbonyl (C=O) groups excluding carboxylic acids is 2. The van der Waals surface area contributed by atoms with Crippen LogP contribution in [0.5, 0.6) is 0 Å². The number of carbonyl (C=O) groups is 2. The van der Waals surface area contributed by atoms with E-state index in [9.17, 15) is 14.7 Å². The molecule has 1 aromatic rings. The van der Waals surface area contributed by atoms with E-state index >= 15 is 0 Å². The SMILES string of the molecule is CC(C)C(O)C(=O)N1CCC2(CC1)CC(=O)N(CCCc1ccccc1)C2. The number of likely N-dealkylation sites (tertiary alicyclic amines) is 2. The van der Waals surface area contributed by atoms with Crippen LogP contribution in [0.25, 0.3) is 0 Å². The van der Waals surface area contributed by atoms with Gasteiger partial charge in [0.05, 0.1) is 0 Å². The Morgan fingerprint density at radius 3 is 2.48 bits per heavy atom. The summed E-state index contributed by atoms with van der Waals surface area (Å²) in [5.74, 6) is 0.0236. The van der Waals surface area contributed by atoms with Gasteiger partial charge in [0.1, 0.15) is 6.10 Å². The maximum absolute atomic E-state index is 12.5. The molecule has 5 nitrogen and oxygen atoms in total. The van der Waals surface area contributed by atoms with Gasteiger partial charge < -0.3 is 14.9 Å². The number of piperidine rings is 1. The van der Waals surface area contributed by atoms with E-state index in [2.05, 4.69) is 24.3 Å². The van der Waals surface area contributed by atoms with Gasteiger partial charge in [-0.3, -0.25) is 9.59 Å². The Labute approximate surface area is 162 Å². The fourth-order valence-corrected chi connectivity index (χ4v) is 4.31. The minimum Gasteiger partial charge on any atom is -0.383 e. The molecule has 148 valence electrons. The monoisotopic (exact) mass is 372 g/mol. The summed E-state index contributed by atoms with van der Waals surface area (Å²) >= 11 is 0. The maximum atomic E-state index is 12.5. The van der Waals surface area contributed by atoms with E-state index in [1.807, 2.05) is 24.8 Å². The standard InChI is InChI=1S/C22H32N2O3/c1-17(2)20(26)21(27)23-13-10-22(11-14-23)15-19(25)24(16-22)12-6-9-18-7-4-3-5-8-18/h3-5,7-8,17,20,26H,6,9-16H2,1-2H3. The van der Waals surface area contributed by atoms with Crippen LogP contribution in [0.15, 0.2) is 30.3 Å². The zero-order valence-corrected chi connectivity index (χ0v) is 16.6. The number of hydrogen-bond donors (Lipinski definition) is 1. The van der Waals surface area contributed by atoms with Crippen molar-refractivity contribution in [1.82, 2.24) is 9.80 Å². The van der Waals surface area contributed by atoms with Crippen molar-refractivity contribution in [2.75, 3.05) is 26.2 Å². The van der Waals surface area contributed by atoms with Crippen LogP contribution in [-0.4, -0.2) is 59.0 Å². The summed E-state index contributed by atoms with van der Waals surface area (Å²) in [7, 11) is 0. The molecule has 2 amide bonds. The summed E-state index contributed by atoms with van der Waals surface area (Å²) in [5, 5.41) is 10.0. The highest BCUT2D eigenvalue weighted by Crippen LogP contribution is 2.41. The highest BCUT2D eigenvalue weighted by Gasteiger charge is 2.45. The van der Waals surface area contributed by atoms with Gasteiger partial charge in [0.15, 0.2) is 0 Å². The molecule has 0 aromatic heterocycles. The van der Waals surface area contributed by atoms with Crippen molar-refractivity contribution >= 4 is 11.8 Å². The highest BCUT2D eigenvalue weighted by molar-refractivity contribution is 5.81. The second-order valence-electron chi connectivity index (χ2n) is 8.60. The molecule has 2 heterocycles. The van der Waals surface area contributed by atoms with Gasteiger partial charge in [0.2, 0.25) is 5.91 Å². The van der Waals surface area contributed by atoms with E-state index in [4.69, 9.17) is 0 Å². The Balaban J connectivity index is 1.48. The van der Waals surface area contributed by atoms with Crippen molar-refractivity contribution in [2.24, 2.45) is 11.3 Å². The lowest BCUT2D eigenvalue weighted by molar-refractivity contribution is -0.144. The molecule has 0 bridgehead atoms. The van der Waals surface area contributed by atoms with Gasteiger partial charge in [-0.15, -0.1) is 0 Å². The van der Waals surface area contributed by atoms with E-state index in [1.165, 1.54) is 5.56 Å². The Kier molecular flexibility index (Phi) is 6.20. The quantitative estimate of drug-likeness (QED) is 0.834. The molecular formula is C22H32N2O3. The summed E-state index contributed by atoms with van der Waals surface area (Å²) in [5.41, 5.74) is 1.33. The molecule has 1 spiro atoms. The fourth-order valence-electron chi connectivity index (χ4n) is 4.31. The average molecular weight is 373 g/mol. The second-order valence-corrected chi connectivity index (χ2v) is 8.60. The zero-order valence-electron chi connectivity index (χ0n) is 16.6. The molecule has 5 heteroatoms. The Morgan fingerprint density at radius 2 is 1.85 bits per heavy atom. The van der Waals surface area contributed by atoms with Gasteiger partial charge in [-0.25, -0.2) is 0 Å². The van der Waals surface area contributed by atoms with Crippen LogP contribution in [0.4, 0.5) is 0 Å². The summed E-state index contributed by atoms with van der Waals surface area (Å²) in [6.07, 6.45) is 3.37. The lowest BCUT2D eigenvalue weighted by Gasteiger charge is -2.39. The summed E-state index contributed by atoms with van der Waals surface area (Å²) in [4.78, 5) is 28.6. The number of hydrogen-bond acceptors (Lipinski definition) is 3. The lowest BCUT2D eigenvalue weighted by Crippen LogP contribution is -2.48. The largest absolute Gasteiger partial charge is 0.383 e. The van der Waals surface area contributed by atoms with Crippen LogP contribution < -0.4 is 0 Å². The number of rotatable bonds is 6. The van der Waals surface area contributed by atoms with Crippen molar-refractivity contribution in [1.29, 1.82) is 0 Å². The first-order valence-electron chi connectivity index (χ1n) is 10.2. The summed E-state index contributed by atoms with van der Waals surface area (Å²) in [6, 6.07) is 10.4. The van der Waals surface area contributed by atoms with Gasteiger partial charge in [-0.05, 0) is 37.2 Å². The van der Waals surface area contributed by atoms with Crippen molar-refractivity contribution in [3.05, 3.63) is 35.9 Å². The van der Waals surface area contributed by atoms with Crippen LogP contribution in [0.3, 0.4) is 0 Å². The van der Waals surface area contributed by atoms with Crippen molar-refractivity contribution in [3.63, 3.8) is 0 Å². The van der Waals surface area contributed by atoms with E-state index in [1.54, 1.807) is 4.90 Å². The third-order valence-corrected chi connectivity index (χ3v) is 6.16. The minimum atomic E-state index is -0.918. The molecule has 1 N–H and O–H groups in total. The van der Waals surface area contributed by atoms with Crippen molar-refractivity contribution in [2.45, 2.75) is 52.1 Å². The fraction of sp³-hybridized carbons (Fsp3) is 0.636. The molecule has 0 radical (unpaired) electrons. The van der Waals surface area contributed by atoms with Crippen LogP contribution in [-0.2, 0) is 16.0 Å². The van der Waals surface area contributed by atoms with Gasteiger partial charge in [0, 0.05) is 38.0 Å². The van der Waals surface area contributed by atoms with Gasteiger partial charge in [-0.2, -0.15) is 0 Å². The number of amides is 2. The zero-order chi connectivity index (χ0) is 19.4. The van der Waals surface area contributed by atoms with E-state index in [-0.39, 0.29) is 23.1 Å². The predicted octanol–water partition coefficient (Wildman–Crippen LogP) is 2.48. The van der Waals surface area contributed by atoms with E-state index in [0.717, 1.165) is 38.8 Å². The third kappa shape index (κ3) is 4.70. The predicted molar refractivity (Wildman–Crippen MR) is 105 cm³/mol. The first-order valence-corrected chi connectivity index (χ1v) is 10.2. The molecule has 2 fully saturated rings. The Bertz CT molecular complexity index is 651. The van der Waals surface area contributed by atoms with E-state index < -0.39 is 6.10 Å². The molecule has 2 aliphatic rings. The lowest BCUT2D eigenvalue weighted by atomic mass is 9.77. The first kappa shape index (κ1) is 19.9. The number of aryl methyl sites for hydroxylation is 1. The Morgan fingerprint density at radius 1 is 1.19 bits per heavy atom. The smallest absolute Gasteiger partial charge is 0.251 e. The van der Waals surface area contributed by atoms with Gasteiger partial charge in [0.25, 0.3) is 5.91 Å². The van der Waals surface area contributed by atoms with Gasteiger partial charge in [-0.1, -0.05) is 44.2 Å². The van der Waals surface area contributed by atoms with Crippen LogP contribution in [0.2, 0.25) is 0 Å². The molecule has 1 unspecified atom stereocenters. The van der Waals surface area contributed by atoms with Crippen LogP contribution >= 0.6 is 0 Å². The normalized spacial score (nSPS) is 20.5. The average Bonchev–Trinajstić information content (AvgIpc) is 2.97. The van der Waals surface area contributed by atoms with Crippen molar-refractivity contribution in [3.8, 4) is 0 Å². The number of benzene rings is 1. The van der Waals surface area contributed by atoms with E-state index in [0.29, 0.717) is 19.5 Å². The third-order valence-electron chi connectivity index (χ3n) is 6.16. The first-order chi connectivity index (χ1) is 12.9. The maximum Gasteiger partial charge on any atom is 0.251 e. The molecule has 1 atom stereocenters. The molecule has 0 saturated carbocycles. The second kappa shape index (κ2) is 8.42. The topological polar surface area (TPSA) is 60.9 Å². The number of aliphatic hydroxyl groups is 1. The summed E-state index contributed by atoms with van der Waals surface area (Å²) < 4.78 is 0. The minimum absolute atomic E-state index is 0.0173. The molecule has 2 aliphatic heterocycles. The highest BCUT2D eigenvalue weighted by atomic mass is 16.3. The Hall–Kier alpha value is -1.88. The molecule has 3 rings (SSSR count). The van der Waals surface area contributed by atoms with Crippen LogP contribution in [0, 0.1) is 11.3 Å². The van der Waals surface area contributed by atoms with Crippen LogP contribution in [0.1, 0.15) is 45.1 Å². The number of aliphatic hydroxyl groups excluding tert-OH is 1. The molecule has 1 aromatic carbocycles. The molecular weight excluding hydrogens is 340 g/mol. The number of nitrogens with zero attached hydrogens (tertiary/aromatic N) is 2. The van der Waals surface area contributed by atoms with Gasteiger partial charge >= 0.3 is 0 Å². The summed E-state index contributed by atoms with van der Waals surface area (Å²) in [6.45, 7) is 6.63. The molecule has 2 saturated heterocycles.